The Labute approximate surface area is 78.7 Å². The van der Waals surface area contributed by atoms with Crippen molar-refractivity contribution in [2.24, 2.45) is 0 Å². The quantitative estimate of drug-likeness (QED) is 0.635. The Hall–Kier alpha value is -0.830. The van der Waals surface area contributed by atoms with Crippen LogP contribution in [0.4, 0.5) is 0 Å². The lowest BCUT2D eigenvalue weighted by Gasteiger charge is -2.15. The average Bonchev–Trinajstić information content (AvgIpc) is 2.07. The summed E-state index contributed by atoms with van der Waals surface area (Å²) in [5.41, 5.74) is 1.77. The van der Waals surface area contributed by atoms with Crippen molar-refractivity contribution in [1.82, 2.24) is 0 Å². The highest BCUT2D eigenvalue weighted by Gasteiger charge is 2.17. The van der Waals surface area contributed by atoms with Gasteiger partial charge < -0.3 is 4.74 Å². The van der Waals surface area contributed by atoms with E-state index in [-0.39, 0.29) is 5.97 Å². The summed E-state index contributed by atoms with van der Waals surface area (Å²) >= 11 is 3.31. The van der Waals surface area contributed by atoms with Gasteiger partial charge in [0.15, 0.2) is 0 Å². The molecular formula is C9H7BrO2. The number of benzene rings is 1. The molecule has 0 saturated carbocycles. The van der Waals surface area contributed by atoms with E-state index in [2.05, 4.69) is 15.9 Å². The number of carbonyl (C=O) groups is 1. The first-order valence-corrected chi connectivity index (χ1v) is 4.52. The summed E-state index contributed by atoms with van der Waals surface area (Å²) in [7, 11) is 0. The lowest BCUT2D eigenvalue weighted by molar-refractivity contribution is 0.0480. The number of hydrogen-bond acceptors (Lipinski definition) is 2. The molecule has 0 spiro atoms. The topological polar surface area (TPSA) is 26.3 Å². The van der Waals surface area contributed by atoms with Crippen molar-refractivity contribution in [1.29, 1.82) is 0 Å². The second-order valence-corrected chi connectivity index (χ2v) is 3.60. The van der Waals surface area contributed by atoms with Gasteiger partial charge in [-0.2, -0.15) is 0 Å². The number of hydrogen-bond donors (Lipinski definition) is 0. The van der Waals surface area contributed by atoms with E-state index in [4.69, 9.17) is 4.74 Å². The van der Waals surface area contributed by atoms with Gasteiger partial charge in [-0.05, 0) is 17.7 Å². The number of fused-ring (bicyclic) bond motifs is 1. The molecule has 1 aliphatic rings. The van der Waals surface area contributed by atoms with Gasteiger partial charge in [0.05, 0.1) is 12.2 Å². The Morgan fingerprint density at radius 2 is 2.25 bits per heavy atom. The van der Waals surface area contributed by atoms with E-state index in [1.807, 2.05) is 12.1 Å². The van der Waals surface area contributed by atoms with Crippen molar-refractivity contribution < 1.29 is 9.53 Å². The lowest BCUT2D eigenvalue weighted by atomic mass is 10.0. The summed E-state index contributed by atoms with van der Waals surface area (Å²) in [6, 6.07) is 5.70. The van der Waals surface area contributed by atoms with Crippen molar-refractivity contribution in [3.05, 3.63) is 33.8 Å². The molecule has 2 rings (SSSR count). The number of ether oxygens (including phenoxy) is 1. The molecule has 2 nitrogen and oxygen atoms in total. The van der Waals surface area contributed by atoms with Gasteiger partial charge in [0, 0.05) is 10.9 Å². The average molecular weight is 227 g/mol. The second-order valence-electron chi connectivity index (χ2n) is 2.69. The molecule has 0 radical (unpaired) electrons. The predicted octanol–water partition coefficient (Wildman–Crippen LogP) is 2.16. The highest BCUT2D eigenvalue weighted by atomic mass is 79.9. The number of cyclic esters (lactones) is 1. The van der Waals surface area contributed by atoms with E-state index in [9.17, 15) is 4.79 Å². The van der Waals surface area contributed by atoms with E-state index in [1.165, 1.54) is 0 Å². The van der Waals surface area contributed by atoms with Crippen molar-refractivity contribution in [2.75, 3.05) is 6.61 Å². The standard InChI is InChI=1S/C9H7BrO2/c10-7-2-1-6-3-4-12-9(11)8(6)5-7/h1-2,5H,3-4H2. The molecule has 12 heavy (non-hydrogen) atoms. The van der Waals surface area contributed by atoms with Crippen LogP contribution in [-0.2, 0) is 11.2 Å². The fraction of sp³-hybridized carbons (Fsp3) is 0.222. The zero-order valence-corrected chi connectivity index (χ0v) is 7.93. The van der Waals surface area contributed by atoms with Crippen LogP contribution in [0, 0.1) is 0 Å². The molecule has 0 unspecified atom stereocenters. The van der Waals surface area contributed by atoms with Crippen LogP contribution >= 0.6 is 15.9 Å². The molecule has 0 aromatic heterocycles. The van der Waals surface area contributed by atoms with Gasteiger partial charge in [0.1, 0.15) is 0 Å². The van der Waals surface area contributed by atoms with E-state index in [0.29, 0.717) is 12.2 Å². The second kappa shape index (κ2) is 2.90. The maximum atomic E-state index is 11.2. The first kappa shape index (κ1) is 7.80. The van der Waals surface area contributed by atoms with Gasteiger partial charge in [0.25, 0.3) is 0 Å². The molecular weight excluding hydrogens is 220 g/mol. The molecule has 1 aromatic carbocycles. The molecule has 0 aliphatic carbocycles. The smallest absolute Gasteiger partial charge is 0.338 e. The van der Waals surface area contributed by atoms with Gasteiger partial charge in [-0.1, -0.05) is 22.0 Å². The minimum absolute atomic E-state index is 0.211. The van der Waals surface area contributed by atoms with Gasteiger partial charge >= 0.3 is 5.97 Å². The van der Waals surface area contributed by atoms with E-state index in [1.54, 1.807) is 6.07 Å². The van der Waals surface area contributed by atoms with Crippen LogP contribution in [0.1, 0.15) is 15.9 Å². The van der Waals surface area contributed by atoms with Crippen molar-refractivity contribution >= 4 is 21.9 Å². The van der Waals surface area contributed by atoms with Crippen LogP contribution in [0.3, 0.4) is 0 Å². The molecule has 3 heteroatoms. The van der Waals surface area contributed by atoms with Crippen LogP contribution in [0.2, 0.25) is 0 Å². The monoisotopic (exact) mass is 226 g/mol. The molecule has 1 aliphatic heterocycles. The molecule has 0 fully saturated rings. The molecule has 0 bridgehead atoms. The maximum absolute atomic E-state index is 11.2. The molecule has 0 saturated heterocycles. The van der Waals surface area contributed by atoms with E-state index in [0.717, 1.165) is 16.5 Å². The Morgan fingerprint density at radius 3 is 3.08 bits per heavy atom. The first-order valence-electron chi connectivity index (χ1n) is 3.73. The SMILES string of the molecule is O=C1OCCc2ccc(Br)cc21. The summed E-state index contributed by atoms with van der Waals surface area (Å²) in [6.07, 6.45) is 0.828. The van der Waals surface area contributed by atoms with Crippen molar-refractivity contribution in [3.63, 3.8) is 0 Å². The maximum Gasteiger partial charge on any atom is 0.338 e. The number of rotatable bonds is 0. The number of carbonyl (C=O) groups excluding carboxylic acids is 1. The fourth-order valence-corrected chi connectivity index (χ4v) is 1.65. The molecule has 0 amide bonds. The van der Waals surface area contributed by atoms with Crippen LogP contribution in [0.25, 0.3) is 0 Å². The third kappa shape index (κ3) is 1.25. The molecule has 0 N–H and O–H groups in total. The third-order valence-electron chi connectivity index (χ3n) is 1.90. The predicted molar refractivity (Wildman–Crippen MR) is 48.1 cm³/mol. The highest BCUT2D eigenvalue weighted by molar-refractivity contribution is 9.10. The minimum atomic E-state index is -0.211. The minimum Gasteiger partial charge on any atom is -0.462 e. The summed E-state index contributed by atoms with van der Waals surface area (Å²) in [5.74, 6) is -0.211. The Balaban J connectivity index is 2.54. The lowest BCUT2D eigenvalue weighted by Crippen LogP contribution is -2.17. The van der Waals surface area contributed by atoms with Gasteiger partial charge in [-0.3, -0.25) is 0 Å². The van der Waals surface area contributed by atoms with Gasteiger partial charge in [-0.15, -0.1) is 0 Å². The van der Waals surface area contributed by atoms with Crippen LogP contribution in [0.15, 0.2) is 22.7 Å². The zero-order chi connectivity index (χ0) is 8.55. The van der Waals surface area contributed by atoms with E-state index < -0.39 is 0 Å². The summed E-state index contributed by atoms with van der Waals surface area (Å²) < 4.78 is 5.82. The van der Waals surface area contributed by atoms with E-state index >= 15 is 0 Å². The van der Waals surface area contributed by atoms with Crippen molar-refractivity contribution in [3.8, 4) is 0 Å². The number of esters is 1. The molecule has 62 valence electrons. The summed E-state index contributed by atoms with van der Waals surface area (Å²) in [6.45, 7) is 0.507. The third-order valence-corrected chi connectivity index (χ3v) is 2.39. The molecule has 1 aromatic rings. The summed E-state index contributed by atoms with van der Waals surface area (Å²) in [5, 5.41) is 0. The van der Waals surface area contributed by atoms with Crippen LogP contribution in [0.5, 0.6) is 0 Å². The van der Waals surface area contributed by atoms with Crippen molar-refractivity contribution in [2.45, 2.75) is 6.42 Å². The van der Waals surface area contributed by atoms with Gasteiger partial charge in [0.2, 0.25) is 0 Å². The zero-order valence-electron chi connectivity index (χ0n) is 6.34. The Bertz CT molecular complexity index is 333. The van der Waals surface area contributed by atoms with Crippen LogP contribution in [-0.4, -0.2) is 12.6 Å². The molecule has 1 heterocycles. The Morgan fingerprint density at radius 1 is 1.42 bits per heavy atom. The normalized spacial score (nSPS) is 15.2. The molecule has 0 atom stereocenters. The fourth-order valence-electron chi connectivity index (χ4n) is 1.29. The summed E-state index contributed by atoms with van der Waals surface area (Å²) in [4.78, 5) is 11.2. The first-order chi connectivity index (χ1) is 5.77. The largest absolute Gasteiger partial charge is 0.462 e. The number of halogens is 1. The van der Waals surface area contributed by atoms with Crippen LogP contribution < -0.4 is 0 Å². The Kier molecular flexibility index (Phi) is 1.89. The van der Waals surface area contributed by atoms with Gasteiger partial charge in [-0.25, -0.2) is 4.79 Å². The highest BCUT2D eigenvalue weighted by Crippen LogP contribution is 2.20.